The van der Waals surface area contributed by atoms with Crippen LogP contribution < -0.4 is 0 Å². The number of carbonyl (C=O) groups is 2. The third kappa shape index (κ3) is 2.54. The van der Waals surface area contributed by atoms with Crippen LogP contribution in [0.5, 0.6) is 0 Å². The number of amides is 1. The fraction of sp³-hybridized carbons (Fsp3) is 0.250. The van der Waals surface area contributed by atoms with Gasteiger partial charge in [-0.1, -0.05) is 12.1 Å². The quantitative estimate of drug-likeness (QED) is 0.941. The number of rotatable bonds is 3. The smallest absolute Gasteiger partial charge is 0.326 e. The van der Waals surface area contributed by atoms with Gasteiger partial charge in [-0.05, 0) is 36.6 Å². The van der Waals surface area contributed by atoms with Crippen LogP contribution in [0.25, 0.3) is 11.1 Å². The van der Waals surface area contributed by atoms with Crippen molar-refractivity contribution in [2.24, 2.45) is 0 Å². The summed E-state index contributed by atoms with van der Waals surface area (Å²) >= 11 is 0. The highest BCUT2D eigenvalue weighted by molar-refractivity contribution is 5.98. The van der Waals surface area contributed by atoms with Crippen molar-refractivity contribution in [1.29, 1.82) is 0 Å². The normalized spacial score (nSPS) is 17.9. The molecule has 1 saturated heterocycles. The molecule has 0 radical (unpaired) electrons. The highest BCUT2D eigenvalue weighted by atomic mass is 16.4. The van der Waals surface area contributed by atoms with Gasteiger partial charge >= 0.3 is 5.97 Å². The fourth-order valence-electron chi connectivity index (χ4n) is 2.69. The Bertz CT molecular complexity index is 663. The minimum absolute atomic E-state index is 0.231. The molecule has 1 aliphatic rings. The van der Waals surface area contributed by atoms with Crippen LogP contribution in [0.1, 0.15) is 23.2 Å². The van der Waals surface area contributed by atoms with E-state index in [9.17, 15) is 14.7 Å². The predicted molar refractivity (Wildman–Crippen MR) is 75.8 cm³/mol. The Kier molecular flexibility index (Phi) is 3.48. The molecule has 0 aliphatic carbocycles. The van der Waals surface area contributed by atoms with Crippen LogP contribution in [0.2, 0.25) is 0 Å². The molecule has 108 valence electrons. The predicted octanol–water partition coefficient (Wildman–Crippen LogP) is 2.64. The third-order valence-corrected chi connectivity index (χ3v) is 3.76. The molecule has 1 fully saturated rings. The molecule has 0 bridgehead atoms. The van der Waals surface area contributed by atoms with Crippen molar-refractivity contribution in [3.63, 3.8) is 0 Å². The van der Waals surface area contributed by atoms with E-state index in [1.54, 1.807) is 30.7 Å². The van der Waals surface area contributed by atoms with Crippen LogP contribution in [-0.2, 0) is 4.79 Å². The van der Waals surface area contributed by atoms with Gasteiger partial charge in [0, 0.05) is 17.7 Å². The lowest BCUT2D eigenvalue weighted by Crippen LogP contribution is -2.40. The molecule has 1 atom stereocenters. The topological polar surface area (TPSA) is 70.8 Å². The zero-order valence-corrected chi connectivity index (χ0v) is 11.4. The van der Waals surface area contributed by atoms with Gasteiger partial charge in [0.15, 0.2) is 0 Å². The monoisotopic (exact) mass is 285 g/mol. The molecule has 5 heteroatoms. The SMILES string of the molecule is O=C(O)[C@H]1CCCN1C(=O)c1cccc(-c2ccoc2)c1. The van der Waals surface area contributed by atoms with E-state index in [4.69, 9.17) is 4.42 Å². The van der Waals surface area contributed by atoms with Gasteiger partial charge in [-0.2, -0.15) is 0 Å². The van der Waals surface area contributed by atoms with Crippen molar-refractivity contribution in [2.45, 2.75) is 18.9 Å². The first-order valence-electron chi connectivity index (χ1n) is 6.83. The Morgan fingerprint density at radius 2 is 2.10 bits per heavy atom. The van der Waals surface area contributed by atoms with E-state index in [0.29, 0.717) is 18.5 Å². The van der Waals surface area contributed by atoms with Crippen molar-refractivity contribution in [3.05, 3.63) is 48.4 Å². The molecule has 1 amide bonds. The van der Waals surface area contributed by atoms with E-state index in [1.807, 2.05) is 12.1 Å². The van der Waals surface area contributed by atoms with Gasteiger partial charge in [-0.3, -0.25) is 4.79 Å². The average molecular weight is 285 g/mol. The summed E-state index contributed by atoms with van der Waals surface area (Å²) in [5.74, 6) is -1.17. The molecule has 0 saturated carbocycles. The Labute approximate surface area is 121 Å². The van der Waals surface area contributed by atoms with Crippen molar-refractivity contribution in [2.75, 3.05) is 6.54 Å². The lowest BCUT2D eigenvalue weighted by Gasteiger charge is -2.21. The molecule has 5 nitrogen and oxygen atoms in total. The summed E-state index contributed by atoms with van der Waals surface area (Å²) in [6, 6.07) is 8.27. The van der Waals surface area contributed by atoms with E-state index in [0.717, 1.165) is 17.5 Å². The van der Waals surface area contributed by atoms with E-state index < -0.39 is 12.0 Å². The number of carboxylic acids is 1. The second kappa shape index (κ2) is 5.44. The molecule has 0 unspecified atom stereocenters. The lowest BCUT2D eigenvalue weighted by atomic mass is 10.0. The molecule has 1 N–H and O–H groups in total. The maximum absolute atomic E-state index is 12.5. The number of aliphatic carboxylic acids is 1. The second-order valence-corrected chi connectivity index (χ2v) is 5.09. The van der Waals surface area contributed by atoms with E-state index in [-0.39, 0.29) is 5.91 Å². The van der Waals surface area contributed by atoms with Gasteiger partial charge in [0.05, 0.1) is 12.5 Å². The van der Waals surface area contributed by atoms with Gasteiger partial charge in [0.1, 0.15) is 6.04 Å². The molecule has 1 aromatic carbocycles. The zero-order valence-electron chi connectivity index (χ0n) is 11.4. The number of furan rings is 1. The van der Waals surface area contributed by atoms with Gasteiger partial charge in [-0.15, -0.1) is 0 Å². The summed E-state index contributed by atoms with van der Waals surface area (Å²) in [5, 5.41) is 9.18. The molecule has 2 aromatic rings. The number of carbonyl (C=O) groups excluding carboxylic acids is 1. The van der Waals surface area contributed by atoms with Crippen LogP contribution in [0.4, 0.5) is 0 Å². The van der Waals surface area contributed by atoms with E-state index in [1.165, 1.54) is 4.90 Å². The maximum Gasteiger partial charge on any atom is 0.326 e. The minimum Gasteiger partial charge on any atom is -0.480 e. The van der Waals surface area contributed by atoms with Crippen molar-refractivity contribution < 1.29 is 19.1 Å². The highest BCUT2D eigenvalue weighted by Crippen LogP contribution is 2.24. The second-order valence-electron chi connectivity index (χ2n) is 5.09. The number of hydrogen-bond donors (Lipinski definition) is 1. The number of likely N-dealkylation sites (tertiary alicyclic amines) is 1. The largest absolute Gasteiger partial charge is 0.480 e. The van der Waals surface area contributed by atoms with Gasteiger partial charge in [0.2, 0.25) is 0 Å². The molecule has 2 heterocycles. The first-order valence-corrected chi connectivity index (χ1v) is 6.83. The fourth-order valence-corrected chi connectivity index (χ4v) is 2.69. The minimum atomic E-state index is -0.938. The Morgan fingerprint density at radius 1 is 1.24 bits per heavy atom. The third-order valence-electron chi connectivity index (χ3n) is 3.76. The van der Waals surface area contributed by atoms with Crippen LogP contribution in [-0.4, -0.2) is 34.5 Å². The average Bonchev–Trinajstić information content (AvgIpc) is 3.17. The van der Waals surface area contributed by atoms with Gasteiger partial charge in [0.25, 0.3) is 5.91 Å². The van der Waals surface area contributed by atoms with Crippen LogP contribution in [0.15, 0.2) is 47.3 Å². The molecule has 21 heavy (non-hydrogen) atoms. The first kappa shape index (κ1) is 13.4. The number of hydrogen-bond acceptors (Lipinski definition) is 3. The molecule has 1 aromatic heterocycles. The summed E-state index contributed by atoms with van der Waals surface area (Å²) in [7, 11) is 0. The summed E-state index contributed by atoms with van der Waals surface area (Å²) in [6.07, 6.45) is 4.43. The summed E-state index contributed by atoms with van der Waals surface area (Å²) in [4.78, 5) is 25.2. The number of carboxylic acid groups (broad SMARTS) is 1. The maximum atomic E-state index is 12.5. The highest BCUT2D eigenvalue weighted by Gasteiger charge is 2.34. The van der Waals surface area contributed by atoms with Crippen molar-refractivity contribution in [3.8, 4) is 11.1 Å². The summed E-state index contributed by atoms with van der Waals surface area (Å²) in [6.45, 7) is 0.492. The number of nitrogens with zero attached hydrogens (tertiary/aromatic N) is 1. The van der Waals surface area contributed by atoms with Crippen molar-refractivity contribution in [1.82, 2.24) is 4.90 Å². The van der Waals surface area contributed by atoms with Crippen LogP contribution in [0.3, 0.4) is 0 Å². The Hall–Kier alpha value is -2.56. The lowest BCUT2D eigenvalue weighted by molar-refractivity contribution is -0.141. The Balaban J connectivity index is 1.88. The van der Waals surface area contributed by atoms with Crippen LogP contribution >= 0.6 is 0 Å². The first-order chi connectivity index (χ1) is 10.2. The molecule has 0 spiro atoms. The van der Waals surface area contributed by atoms with Crippen LogP contribution in [0, 0.1) is 0 Å². The number of benzene rings is 1. The molecular formula is C16H15NO4. The standard InChI is InChI=1S/C16H15NO4/c18-15(17-7-2-5-14(17)16(19)20)12-4-1-3-11(9-12)13-6-8-21-10-13/h1,3-4,6,8-10,14H,2,5,7H2,(H,19,20)/t14-/m1/s1. The Morgan fingerprint density at radius 3 is 2.81 bits per heavy atom. The van der Waals surface area contributed by atoms with Crippen molar-refractivity contribution >= 4 is 11.9 Å². The molecule has 3 rings (SSSR count). The zero-order chi connectivity index (χ0) is 14.8. The summed E-state index contributed by atoms with van der Waals surface area (Å²) in [5.41, 5.74) is 2.27. The van der Waals surface area contributed by atoms with E-state index in [2.05, 4.69) is 0 Å². The van der Waals surface area contributed by atoms with Gasteiger partial charge < -0.3 is 14.4 Å². The molecule has 1 aliphatic heterocycles. The van der Waals surface area contributed by atoms with Gasteiger partial charge in [-0.25, -0.2) is 4.79 Å². The molecular weight excluding hydrogens is 270 g/mol. The van der Waals surface area contributed by atoms with E-state index >= 15 is 0 Å². The summed E-state index contributed by atoms with van der Waals surface area (Å²) < 4.78 is 5.04.